The van der Waals surface area contributed by atoms with Gasteiger partial charge in [0.15, 0.2) is 0 Å². The Hall–Kier alpha value is -0.790. The second-order valence-electron chi connectivity index (χ2n) is 3.81. The van der Waals surface area contributed by atoms with Crippen LogP contribution in [0.25, 0.3) is 0 Å². The highest BCUT2D eigenvalue weighted by Gasteiger charge is 2.12. The summed E-state index contributed by atoms with van der Waals surface area (Å²) in [5.41, 5.74) is 7.18. The predicted octanol–water partition coefficient (Wildman–Crippen LogP) is 4.54. The molecule has 0 saturated heterocycles. The number of carbonyl (C=O) groups excluding carboxylic acids is 1. The Balaban J connectivity index is 2.28. The second-order valence-corrected chi connectivity index (χ2v) is 6.38. The zero-order valence-corrected chi connectivity index (χ0v) is 14.1. The van der Waals surface area contributed by atoms with Crippen LogP contribution in [0.4, 0.5) is 11.4 Å². The molecule has 0 aromatic heterocycles. The molecule has 0 unspecified atom stereocenters. The Bertz CT molecular complexity index is 649. The number of halogens is 3. The summed E-state index contributed by atoms with van der Waals surface area (Å²) in [7, 11) is 0. The minimum atomic E-state index is -0.290. The van der Waals surface area contributed by atoms with Gasteiger partial charge in [-0.2, -0.15) is 0 Å². The molecule has 0 saturated carbocycles. The van der Waals surface area contributed by atoms with Crippen molar-refractivity contribution in [1.82, 2.24) is 0 Å². The lowest BCUT2D eigenvalue weighted by atomic mass is 10.1. The predicted molar refractivity (Wildman–Crippen MR) is 90.7 cm³/mol. The van der Waals surface area contributed by atoms with Crippen molar-refractivity contribution < 1.29 is 4.79 Å². The maximum absolute atomic E-state index is 12.2. The molecule has 0 aliphatic carbocycles. The average molecular weight is 451 g/mol. The van der Waals surface area contributed by atoms with Gasteiger partial charge in [0.05, 0.1) is 16.3 Å². The quantitative estimate of drug-likeness (QED) is 0.520. The molecule has 0 radical (unpaired) electrons. The largest absolute Gasteiger partial charge is 0.398 e. The maximum Gasteiger partial charge on any atom is 0.257 e. The molecule has 0 spiro atoms. The van der Waals surface area contributed by atoms with Crippen LogP contribution in [-0.2, 0) is 0 Å². The van der Waals surface area contributed by atoms with Crippen molar-refractivity contribution in [3.8, 4) is 0 Å². The Morgan fingerprint density at radius 3 is 2.68 bits per heavy atom. The first-order valence-corrected chi connectivity index (χ1v) is 7.54. The molecule has 0 aliphatic rings. The summed E-state index contributed by atoms with van der Waals surface area (Å²) in [4.78, 5) is 12.2. The van der Waals surface area contributed by atoms with Crippen LogP contribution in [0.2, 0.25) is 5.02 Å². The number of amides is 1. The standard InChI is InChI=1S/C13H9BrClIN2O/c14-7-1-3-11(17)9(5-7)13(19)18-12-4-2-8(16)6-10(12)15/h1-6H,17H2,(H,18,19). The van der Waals surface area contributed by atoms with Gasteiger partial charge in [-0.25, -0.2) is 0 Å². The normalized spacial score (nSPS) is 10.3. The molecule has 2 rings (SSSR count). The third kappa shape index (κ3) is 3.61. The van der Waals surface area contributed by atoms with Crippen LogP contribution in [0.5, 0.6) is 0 Å². The Morgan fingerprint density at radius 2 is 2.00 bits per heavy atom. The smallest absolute Gasteiger partial charge is 0.257 e. The van der Waals surface area contributed by atoms with Crippen LogP contribution < -0.4 is 11.1 Å². The third-order valence-electron chi connectivity index (χ3n) is 2.44. The lowest BCUT2D eigenvalue weighted by molar-refractivity contribution is 0.102. The van der Waals surface area contributed by atoms with E-state index in [2.05, 4.69) is 43.8 Å². The first-order chi connectivity index (χ1) is 8.97. The summed E-state index contributed by atoms with van der Waals surface area (Å²) in [5.74, 6) is -0.290. The Kier molecular flexibility index (Phi) is 4.70. The van der Waals surface area contributed by atoms with E-state index in [1.54, 1.807) is 30.3 Å². The monoisotopic (exact) mass is 450 g/mol. The van der Waals surface area contributed by atoms with Crippen molar-refractivity contribution in [3.63, 3.8) is 0 Å². The van der Waals surface area contributed by atoms with E-state index >= 15 is 0 Å². The fourth-order valence-corrected chi connectivity index (χ4v) is 2.77. The number of rotatable bonds is 2. The number of benzene rings is 2. The Morgan fingerprint density at radius 1 is 1.26 bits per heavy atom. The van der Waals surface area contributed by atoms with Gasteiger partial charge in [-0.15, -0.1) is 0 Å². The highest BCUT2D eigenvalue weighted by Crippen LogP contribution is 2.25. The van der Waals surface area contributed by atoms with Gasteiger partial charge in [0.2, 0.25) is 0 Å². The molecule has 2 aromatic carbocycles. The molecule has 1 amide bonds. The van der Waals surface area contributed by atoms with Crippen LogP contribution in [0.15, 0.2) is 40.9 Å². The van der Waals surface area contributed by atoms with E-state index in [9.17, 15) is 4.79 Å². The van der Waals surface area contributed by atoms with Gasteiger partial charge in [0, 0.05) is 13.7 Å². The highest BCUT2D eigenvalue weighted by atomic mass is 127. The molecule has 0 heterocycles. The summed E-state index contributed by atoms with van der Waals surface area (Å²) in [5, 5.41) is 3.24. The van der Waals surface area contributed by atoms with Crippen LogP contribution in [-0.4, -0.2) is 5.91 Å². The molecular formula is C13H9BrClIN2O. The van der Waals surface area contributed by atoms with Crippen molar-refractivity contribution >= 4 is 67.4 Å². The van der Waals surface area contributed by atoms with Crippen LogP contribution in [0, 0.1) is 3.57 Å². The molecule has 19 heavy (non-hydrogen) atoms. The van der Waals surface area contributed by atoms with Crippen LogP contribution >= 0.6 is 50.1 Å². The lowest BCUT2D eigenvalue weighted by Gasteiger charge is -2.09. The van der Waals surface area contributed by atoms with E-state index in [0.29, 0.717) is 22.0 Å². The Labute approximate surface area is 137 Å². The van der Waals surface area contributed by atoms with Crippen molar-refractivity contribution in [2.75, 3.05) is 11.1 Å². The summed E-state index contributed by atoms with van der Waals surface area (Å²) >= 11 is 11.5. The molecule has 3 nitrogen and oxygen atoms in total. The highest BCUT2D eigenvalue weighted by molar-refractivity contribution is 14.1. The molecule has 98 valence electrons. The average Bonchev–Trinajstić information content (AvgIpc) is 2.35. The fourth-order valence-electron chi connectivity index (χ4n) is 1.51. The third-order valence-corrected chi connectivity index (χ3v) is 3.92. The second kappa shape index (κ2) is 6.11. The number of anilines is 2. The van der Waals surface area contributed by atoms with E-state index in [0.717, 1.165) is 8.04 Å². The van der Waals surface area contributed by atoms with Gasteiger partial charge >= 0.3 is 0 Å². The van der Waals surface area contributed by atoms with E-state index < -0.39 is 0 Å². The topological polar surface area (TPSA) is 55.1 Å². The van der Waals surface area contributed by atoms with Gasteiger partial charge in [-0.05, 0) is 59.0 Å². The molecule has 0 atom stereocenters. The molecule has 0 aliphatic heterocycles. The van der Waals surface area contributed by atoms with Crippen molar-refractivity contribution in [1.29, 1.82) is 0 Å². The maximum atomic E-state index is 12.2. The molecular weight excluding hydrogens is 442 g/mol. The number of nitrogen functional groups attached to an aromatic ring is 1. The number of nitrogens with one attached hydrogen (secondary N) is 1. The number of carbonyl (C=O) groups is 1. The number of hydrogen-bond acceptors (Lipinski definition) is 2. The summed E-state index contributed by atoms with van der Waals surface area (Å²) in [6, 6.07) is 10.5. The molecule has 6 heteroatoms. The van der Waals surface area contributed by atoms with Crippen LogP contribution in [0.3, 0.4) is 0 Å². The van der Waals surface area contributed by atoms with Crippen molar-refractivity contribution in [2.24, 2.45) is 0 Å². The molecule has 0 bridgehead atoms. The summed E-state index contributed by atoms with van der Waals surface area (Å²) < 4.78 is 1.79. The van der Waals surface area contributed by atoms with E-state index in [4.69, 9.17) is 17.3 Å². The van der Waals surface area contributed by atoms with E-state index in [-0.39, 0.29) is 5.91 Å². The molecule has 3 N–H and O–H groups in total. The first kappa shape index (κ1) is 14.6. The SMILES string of the molecule is Nc1ccc(Br)cc1C(=O)Nc1ccc(I)cc1Cl. The minimum Gasteiger partial charge on any atom is -0.398 e. The first-order valence-electron chi connectivity index (χ1n) is 5.29. The lowest BCUT2D eigenvalue weighted by Crippen LogP contribution is -2.14. The van der Waals surface area contributed by atoms with Gasteiger partial charge in [-0.1, -0.05) is 27.5 Å². The van der Waals surface area contributed by atoms with Gasteiger partial charge in [0.1, 0.15) is 0 Å². The van der Waals surface area contributed by atoms with Gasteiger partial charge in [0.25, 0.3) is 5.91 Å². The van der Waals surface area contributed by atoms with Crippen molar-refractivity contribution in [3.05, 3.63) is 55.0 Å². The van der Waals surface area contributed by atoms with E-state index in [1.807, 2.05) is 6.07 Å². The zero-order valence-electron chi connectivity index (χ0n) is 9.58. The van der Waals surface area contributed by atoms with E-state index in [1.165, 1.54) is 0 Å². The summed E-state index contributed by atoms with van der Waals surface area (Å²) in [6.45, 7) is 0. The van der Waals surface area contributed by atoms with Crippen LogP contribution in [0.1, 0.15) is 10.4 Å². The van der Waals surface area contributed by atoms with Gasteiger partial charge < -0.3 is 11.1 Å². The summed E-state index contributed by atoms with van der Waals surface area (Å²) in [6.07, 6.45) is 0. The fraction of sp³-hybridized carbons (Fsp3) is 0. The number of hydrogen-bond donors (Lipinski definition) is 2. The number of nitrogens with two attached hydrogens (primary N) is 1. The van der Waals surface area contributed by atoms with Gasteiger partial charge in [-0.3, -0.25) is 4.79 Å². The molecule has 0 fully saturated rings. The zero-order chi connectivity index (χ0) is 14.0. The molecule has 2 aromatic rings. The minimum absolute atomic E-state index is 0.290. The van der Waals surface area contributed by atoms with Crippen molar-refractivity contribution in [2.45, 2.75) is 0 Å².